The second kappa shape index (κ2) is 9.49. The van der Waals surface area contributed by atoms with Gasteiger partial charge >= 0.3 is 5.97 Å². The third-order valence-corrected chi connectivity index (χ3v) is 5.83. The largest absolute Gasteiger partial charge is 0.480 e. The van der Waals surface area contributed by atoms with Gasteiger partial charge in [-0.1, -0.05) is 67.6 Å². The van der Waals surface area contributed by atoms with Crippen molar-refractivity contribution in [2.24, 2.45) is 0 Å². The van der Waals surface area contributed by atoms with Gasteiger partial charge in [-0.15, -0.1) is 0 Å². The van der Waals surface area contributed by atoms with Crippen molar-refractivity contribution in [1.29, 1.82) is 0 Å². The fraction of sp³-hybridized carbons (Fsp3) is 0.222. The van der Waals surface area contributed by atoms with E-state index in [1.165, 1.54) is 11.9 Å². The Labute approximate surface area is 196 Å². The number of hydrogen-bond donors (Lipinski definition) is 1. The predicted molar refractivity (Wildman–Crippen MR) is 128 cm³/mol. The summed E-state index contributed by atoms with van der Waals surface area (Å²) in [4.78, 5) is 19.6. The lowest BCUT2D eigenvalue weighted by Gasteiger charge is -2.14. The zero-order chi connectivity index (χ0) is 23.5. The Bertz CT molecular complexity index is 1330. The fourth-order valence-electron chi connectivity index (χ4n) is 4.14. The van der Waals surface area contributed by atoms with Gasteiger partial charge in [0, 0.05) is 17.5 Å². The smallest absolute Gasteiger partial charge is 0.329 e. The first-order chi connectivity index (χ1) is 16.6. The van der Waals surface area contributed by atoms with E-state index in [0.29, 0.717) is 29.2 Å². The molecule has 1 aliphatic rings. The van der Waals surface area contributed by atoms with E-state index in [1.54, 1.807) is 0 Å². The summed E-state index contributed by atoms with van der Waals surface area (Å²) in [5.74, 6) is 0.120. The number of nitrogens with zero attached hydrogens (tertiary/aromatic N) is 2. The number of carbonyl (C=O) groups is 1. The number of carboxylic acid groups (broad SMARTS) is 1. The molecule has 1 N–H and O–H groups in total. The number of furan rings is 1. The molecule has 2 aromatic heterocycles. The molecule has 7 heteroatoms. The van der Waals surface area contributed by atoms with Crippen molar-refractivity contribution in [3.05, 3.63) is 78.6 Å². The molecule has 0 unspecified atom stereocenters. The van der Waals surface area contributed by atoms with Crippen LogP contribution in [0.1, 0.15) is 18.9 Å². The van der Waals surface area contributed by atoms with Gasteiger partial charge in [0.1, 0.15) is 30.2 Å². The third-order valence-electron chi connectivity index (χ3n) is 5.83. The molecule has 7 nitrogen and oxygen atoms in total. The maximum absolute atomic E-state index is 10.8. The molecule has 2 aromatic carbocycles. The van der Waals surface area contributed by atoms with Crippen molar-refractivity contribution in [3.8, 4) is 28.3 Å². The van der Waals surface area contributed by atoms with E-state index in [9.17, 15) is 4.79 Å². The van der Waals surface area contributed by atoms with E-state index in [4.69, 9.17) is 19.0 Å². The predicted octanol–water partition coefficient (Wildman–Crippen LogP) is 5.30. The van der Waals surface area contributed by atoms with E-state index >= 15 is 0 Å². The zero-order valence-corrected chi connectivity index (χ0v) is 18.7. The van der Waals surface area contributed by atoms with Crippen molar-refractivity contribution < 1.29 is 23.8 Å². The first kappa shape index (κ1) is 21.9. The Hall–Kier alpha value is -3.97. The van der Waals surface area contributed by atoms with Crippen molar-refractivity contribution in [3.63, 3.8) is 0 Å². The number of aromatic nitrogens is 2. The molecule has 2 atom stereocenters. The van der Waals surface area contributed by atoms with Crippen LogP contribution in [-0.4, -0.2) is 39.9 Å². The van der Waals surface area contributed by atoms with Gasteiger partial charge in [-0.3, -0.25) is 0 Å². The molecule has 2 heterocycles. The van der Waals surface area contributed by atoms with Crippen LogP contribution in [0.4, 0.5) is 0 Å². The zero-order valence-electron chi connectivity index (χ0n) is 18.7. The standard InChI is InChI=1S/C27H24N2O5/c1-2-17-8-10-18(11-9-17)23-24-26(33-21-13-12-20(14-21)32-15-22(30)31)28-16-29-27(24)34-25(23)19-6-4-3-5-7-19/h3-13,16,20-21H,2,14-15H2,1H3,(H,30,31)/t20-,21-/m1/s1. The number of hydrogen-bond acceptors (Lipinski definition) is 6. The summed E-state index contributed by atoms with van der Waals surface area (Å²) in [5.41, 5.74) is 4.48. The first-order valence-corrected chi connectivity index (χ1v) is 11.2. The van der Waals surface area contributed by atoms with Crippen LogP contribution in [0.5, 0.6) is 5.88 Å². The number of carboxylic acids is 1. The summed E-state index contributed by atoms with van der Waals surface area (Å²) in [7, 11) is 0. The van der Waals surface area contributed by atoms with Crippen LogP contribution in [0.2, 0.25) is 0 Å². The average molecular weight is 456 g/mol. The minimum Gasteiger partial charge on any atom is -0.480 e. The molecule has 0 aliphatic heterocycles. The van der Waals surface area contributed by atoms with Crippen LogP contribution < -0.4 is 4.74 Å². The molecule has 172 valence electrons. The highest BCUT2D eigenvalue weighted by atomic mass is 16.5. The van der Waals surface area contributed by atoms with E-state index in [1.807, 2.05) is 42.5 Å². The monoisotopic (exact) mass is 456 g/mol. The number of fused-ring (bicyclic) bond motifs is 1. The van der Waals surface area contributed by atoms with Crippen LogP contribution in [0.15, 0.2) is 77.5 Å². The van der Waals surface area contributed by atoms with Crippen LogP contribution in [0, 0.1) is 0 Å². The summed E-state index contributed by atoms with van der Waals surface area (Å²) >= 11 is 0. The quantitative estimate of drug-likeness (QED) is 0.360. The van der Waals surface area contributed by atoms with Gasteiger partial charge in [0.2, 0.25) is 11.6 Å². The van der Waals surface area contributed by atoms with Crippen LogP contribution in [0.3, 0.4) is 0 Å². The van der Waals surface area contributed by atoms with Crippen molar-refractivity contribution in [2.75, 3.05) is 6.61 Å². The highest BCUT2D eigenvalue weighted by Crippen LogP contribution is 2.43. The minimum atomic E-state index is -0.999. The molecule has 4 aromatic rings. The highest BCUT2D eigenvalue weighted by Gasteiger charge is 2.27. The molecule has 34 heavy (non-hydrogen) atoms. The van der Waals surface area contributed by atoms with E-state index in [0.717, 1.165) is 23.1 Å². The lowest BCUT2D eigenvalue weighted by atomic mass is 9.98. The van der Waals surface area contributed by atoms with E-state index in [2.05, 4.69) is 41.2 Å². The summed E-state index contributed by atoms with van der Waals surface area (Å²) in [6.45, 7) is 1.78. The molecule has 0 spiro atoms. The Morgan fingerprint density at radius 2 is 1.79 bits per heavy atom. The van der Waals surface area contributed by atoms with Gasteiger partial charge < -0.3 is 19.0 Å². The van der Waals surface area contributed by atoms with Crippen LogP contribution in [0.25, 0.3) is 33.6 Å². The van der Waals surface area contributed by atoms with Gasteiger partial charge in [-0.2, -0.15) is 0 Å². The maximum atomic E-state index is 10.8. The SMILES string of the molecule is CCc1ccc(-c2c(-c3ccccc3)oc3ncnc(O[C@@H]4C=C[C@@H](OCC(=O)O)C4)c23)cc1. The third kappa shape index (κ3) is 4.43. The topological polar surface area (TPSA) is 94.7 Å². The number of aliphatic carboxylic acids is 1. The molecule has 0 fully saturated rings. The van der Waals surface area contributed by atoms with Crippen LogP contribution >= 0.6 is 0 Å². The molecule has 0 bridgehead atoms. The van der Waals surface area contributed by atoms with Gasteiger partial charge in [-0.25, -0.2) is 14.8 Å². The maximum Gasteiger partial charge on any atom is 0.329 e. The molecular weight excluding hydrogens is 432 g/mol. The minimum absolute atomic E-state index is 0.303. The van der Waals surface area contributed by atoms with E-state index < -0.39 is 5.97 Å². The van der Waals surface area contributed by atoms with Gasteiger partial charge in [0.15, 0.2) is 0 Å². The average Bonchev–Trinajstić information content (AvgIpc) is 3.48. The second-order valence-corrected chi connectivity index (χ2v) is 8.10. The van der Waals surface area contributed by atoms with Crippen molar-refractivity contribution in [2.45, 2.75) is 32.0 Å². The van der Waals surface area contributed by atoms with Crippen LogP contribution in [-0.2, 0) is 16.0 Å². The van der Waals surface area contributed by atoms with Gasteiger partial charge in [0.05, 0.1) is 6.10 Å². The van der Waals surface area contributed by atoms with Gasteiger partial charge in [0.25, 0.3) is 0 Å². The summed E-state index contributed by atoms with van der Waals surface area (Å²) in [6, 6.07) is 18.3. The first-order valence-electron chi connectivity index (χ1n) is 11.2. The molecule has 1 aliphatic carbocycles. The molecule has 0 saturated carbocycles. The Morgan fingerprint density at radius 3 is 2.53 bits per heavy atom. The number of rotatable bonds is 8. The molecule has 5 rings (SSSR count). The Balaban J connectivity index is 1.55. The second-order valence-electron chi connectivity index (χ2n) is 8.10. The highest BCUT2D eigenvalue weighted by molar-refractivity contribution is 6.03. The molecule has 0 radical (unpaired) electrons. The van der Waals surface area contributed by atoms with Crippen molar-refractivity contribution >= 4 is 17.1 Å². The lowest BCUT2D eigenvalue weighted by Crippen LogP contribution is -2.19. The molecular formula is C27H24N2O5. The summed E-state index contributed by atoms with van der Waals surface area (Å²) < 4.78 is 17.9. The van der Waals surface area contributed by atoms with Gasteiger partial charge in [-0.05, 0) is 23.6 Å². The molecule has 0 amide bonds. The van der Waals surface area contributed by atoms with Crippen molar-refractivity contribution in [1.82, 2.24) is 9.97 Å². The van der Waals surface area contributed by atoms with E-state index in [-0.39, 0.29) is 18.8 Å². The number of aryl methyl sites for hydroxylation is 1. The lowest BCUT2D eigenvalue weighted by molar-refractivity contribution is -0.143. The summed E-state index contributed by atoms with van der Waals surface area (Å²) in [5, 5.41) is 9.56. The number of ether oxygens (including phenoxy) is 2. The normalized spacial score (nSPS) is 17.3. The Morgan fingerprint density at radius 1 is 1.03 bits per heavy atom. The summed E-state index contributed by atoms with van der Waals surface area (Å²) in [6.07, 6.45) is 5.95. The fourth-order valence-corrected chi connectivity index (χ4v) is 4.14. The number of benzene rings is 2. The molecule has 0 saturated heterocycles. The Kier molecular flexibility index (Phi) is 6.10.